The Morgan fingerprint density at radius 2 is 1.38 bits per heavy atom. The third-order valence-electron chi connectivity index (χ3n) is 4.41. The molecule has 1 saturated heterocycles. The van der Waals surface area contributed by atoms with Crippen LogP contribution in [0.3, 0.4) is 0 Å². The van der Waals surface area contributed by atoms with E-state index in [-0.39, 0.29) is 0 Å². The Labute approximate surface area is 197 Å². The Morgan fingerprint density at radius 3 is 1.74 bits per heavy atom. The lowest BCUT2D eigenvalue weighted by molar-refractivity contribution is -0.284. The topological polar surface area (TPSA) is 207 Å². The predicted octanol–water partition coefficient (Wildman–Crippen LogP) is 1.27. The van der Waals surface area contributed by atoms with Crippen LogP contribution in [0, 0.1) is 0 Å². The quantitative estimate of drug-likeness (QED) is 0.106. The summed E-state index contributed by atoms with van der Waals surface area (Å²) in [6, 6.07) is 0. The molecule has 5 atom stereocenters. The molecule has 0 radical (unpaired) electrons. The SMILES string of the molecule is CC(=O)O[C@@H]1[C@@H](OC(C)=O)[C@@H](OP(=O)(O)O)O[C@H](CN=[N+]=[N-])[C@H]1OC(C)=O.CCN(CC)CC. The van der Waals surface area contributed by atoms with Crippen LogP contribution >= 0.6 is 7.82 Å². The molecular formula is C18H33N4O11P. The average Bonchev–Trinajstić information content (AvgIpc) is 2.71. The number of esters is 3. The molecule has 1 heterocycles. The van der Waals surface area contributed by atoms with Gasteiger partial charge in [-0.05, 0) is 25.2 Å². The number of carbonyl (C=O) groups is 3. The third-order valence-corrected chi connectivity index (χ3v) is 4.89. The minimum atomic E-state index is -5.14. The van der Waals surface area contributed by atoms with Gasteiger partial charge in [-0.15, -0.1) is 0 Å². The average molecular weight is 512 g/mol. The highest BCUT2D eigenvalue weighted by Crippen LogP contribution is 2.42. The molecule has 0 aromatic heterocycles. The van der Waals surface area contributed by atoms with Crippen LogP contribution in [0.15, 0.2) is 5.11 Å². The van der Waals surface area contributed by atoms with E-state index in [2.05, 4.69) is 40.2 Å². The van der Waals surface area contributed by atoms with Crippen molar-refractivity contribution in [2.75, 3.05) is 26.2 Å². The molecule has 0 aliphatic carbocycles. The molecule has 0 saturated carbocycles. The first kappa shape index (κ1) is 31.8. The molecule has 0 aromatic rings. The van der Waals surface area contributed by atoms with Crippen molar-refractivity contribution >= 4 is 25.7 Å². The van der Waals surface area contributed by atoms with Crippen molar-refractivity contribution in [3.8, 4) is 0 Å². The van der Waals surface area contributed by atoms with Crippen molar-refractivity contribution in [2.24, 2.45) is 5.11 Å². The predicted molar refractivity (Wildman–Crippen MR) is 116 cm³/mol. The lowest BCUT2D eigenvalue weighted by atomic mass is 9.98. The standard InChI is InChI=1S/C12H18N3O11P.C6H15N/c1-5(16)22-9-8(4-14-15-13)25-12(26-27(19,20)21)11(24-7(3)18)10(9)23-6(2)17;1-4-7(5-2)6-3/h8-12H,4H2,1-3H3,(H2,19,20,21);4-6H2,1-3H3/t8-,9-,10+,11-,12-;/m1./s1. The Balaban J connectivity index is 0.00000135. The Morgan fingerprint density at radius 1 is 0.941 bits per heavy atom. The minimum Gasteiger partial charge on any atom is -0.456 e. The molecule has 0 unspecified atom stereocenters. The molecule has 196 valence electrons. The van der Waals surface area contributed by atoms with Crippen molar-refractivity contribution in [2.45, 2.75) is 72.2 Å². The van der Waals surface area contributed by atoms with Gasteiger partial charge < -0.3 is 33.6 Å². The highest BCUT2D eigenvalue weighted by Gasteiger charge is 2.53. The van der Waals surface area contributed by atoms with E-state index in [1.165, 1.54) is 19.6 Å². The van der Waals surface area contributed by atoms with Gasteiger partial charge in [0.2, 0.25) is 6.29 Å². The number of phosphoric acid groups is 1. The largest absolute Gasteiger partial charge is 0.472 e. The van der Waals surface area contributed by atoms with Crippen LogP contribution in [0.2, 0.25) is 0 Å². The van der Waals surface area contributed by atoms with Gasteiger partial charge in [-0.25, -0.2) is 4.57 Å². The zero-order valence-corrected chi connectivity index (χ0v) is 20.9. The van der Waals surface area contributed by atoms with Crippen molar-refractivity contribution in [3.05, 3.63) is 10.4 Å². The van der Waals surface area contributed by atoms with E-state index in [1.807, 2.05) is 0 Å². The van der Waals surface area contributed by atoms with E-state index < -0.39 is 63.0 Å². The molecule has 34 heavy (non-hydrogen) atoms. The fourth-order valence-electron chi connectivity index (χ4n) is 3.01. The maximum Gasteiger partial charge on any atom is 0.472 e. The first-order valence-electron chi connectivity index (χ1n) is 10.4. The number of carbonyl (C=O) groups excluding carboxylic acids is 3. The van der Waals surface area contributed by atoms with Crippen LogP contribution in [0.5, 0.6) is 0 Å². The molecule has 1 aliphatic rings. The lowest BCUT2D eigenvalue weighted by Crippen LogP contribution is -2.62. The second-order valence-electron chi connectivity index (χ2n) is 6.89. The summed E-state index contributed by atoms with van der Waals surface area (Å²) in [4.78, 5) is 57.3. The number of rotatable bonds is 10. The number of hydrogen-bond donors (Lipinski definition) is 2. The highest BCUT2D eigenvalue weighted by molar-refractivity contribution is 7.46. The van der Waals surface area contributed by atoms with Crippen LogP contribution in [-0.2, 0) is 42.4 Å². The maximum atomic E-state index is 11.5. The van der Waals surface area contributed by atoms with Crippen LogP contribution in [0.4, 0.5) is 0 Å². The summed E-state index contributed by atoms with van der Waals surface area (Å²) in [5, 5.41) is 3.25. The molecule has 15 nitrogen and oxygen atoms in total. The molecule has 1 aliphatic heterocycles. The highest BCUT2D eigenvalue weighted by atomic mass is 31.2. The monoisotopic (exact) mass is 512 g/mol. The summed E-state index contributed by atoms with van der Waals surface area (Å²) in [6.45, 7) is 12.7. The fraction of sp³-hybridized carbons (Fsp3) is 0.833. The molecule has 0 spiro atoms. The molecule has 2 N–H and O–H groups in total. The second kappa shape index (κ2) is 15.6. The number of nitrogens with zero attached hydrogens (tertiary/aromatic N) is 4. The maximum absolute atomic E-state index is 11.5. The van der Waals surface area contributed by atoms with E-state index in [4.69, 9.17) is 34.3 Å². The zero-order valence-electron chi connectivity index (χ0n) is 20.0. The summed E-state index contributed by atoms with van der Waals surface area (Å²) in [5.74, 6) is -2.63. The van der Waals surface area contributed by atoms with E-state index in [9.17, 15) is 18.9 Å². The van der Waals surface area contributed by atoms with Crippen LogP contribution < -0.4 is 0 Å². The summed E-state index contributed by atoms with van der Waals surface area (Å²) >= 11 is 0. The summed E-state index contributed by atoms with van der Waals surface area (Å²) in [7, 11) is -5.14. The molecule has 1 rings (SSSR count). The van der Waals surface area contributed by atoms with Gasteiger partial charge in [0.15, 0.2) is 18.3 Å². The van der Waals surface area contributed by atoms with Crippen LogP contribution in [-0.4, -0.2) is 89.5 Å². The minimum absolute atomic E-state index is 0.472. The first-order valence-corrected chi connectivity index (χ1v) is 12.0. The van der Waals surface area contributed by atoms with Gasteiger partial charge in [0, 0.05) is 25.7 Å². The van der Waals surface area contributed by atoms with Gasteiger partial charge in [-0.1, -0.05) is 25.9 Å². The number of phosphoric ester groups is 1. The molecule has 0 amide bonds. The van der Waals surface area contributed by atoms with E-state index >= 15 is 0 Å². The van der Waals surface area contributed by atoms with Crippen LogP contribution in [0.25, 0.3) is 10.4 Å². The zero-order chi connectivity index (χ0) is 26.5. The van der Waals surface area contributed by atoms with Crippen molar-refractivity contribution < 1.29 is 52.2 Å². The Hall–Kier alpha value is -2.25. The van der Waals surface area contributed by atoms with Gasteiger partial charge in [0.1, 0.15) is 6.10 Å². The normalized spacial score (nSPS) is 24.2. The molecular weight excluding hydrogens is 479 g/mol. The number of azide groups is 1. The van der Waals surface area contributed by atoms with Gasteiger partial charge in [0.25, 0.3) is 0 Å². The van der Waals surface area contributed by atoms with Crippen molar-refractivity contribution in [1.29, 1.82) is 0 Å². The van der Waals surface area contributed by atoms with Crippen molar-refractivity contribution in [3.63, 3.8) is 0 Å². The fourth-order valence-corrected chi connectivity index (χ4v) is 3.45. The summed E-state index contributed by atoms with van der Waals surface area (Å²) in [5.41, 5.74) is 8.48. The van der Waals surface area contributed by atoms with Gasteiger partial charge in [-0.2, -0.15) is 0 Å². The molecule has 16 heteroatoms. The van der Waals surface area contributed by atoms with Gasteiger partial charge in [-0.3, -0.25) is 18.9 Å². The summed E-state index contributed by atoms with van der Waals surface area (Å²) < 4.78 is 36.0. The van der Waals surface area contributed by atoms with E-state index in [0.717, 1.165) is 20.8 Å². The Kier molecular flexibility index (Phi) is 14.6. The van der Waals surface area contributed by atoms with Gasteiger partial charge in [0.05, 0.1) is 6.54 Å². The van der Waals surface area contributed by atoms with Gasteiger partial charge >= 0.3 is 25.7 Å². The number of ether oxygens (including phenoxy) is 4. The van der Waals surface area contributed by atoms with E-state index in [0.29, 0.717) is 0 Å². The van der Waals surface area contributed by atoms with Crippen molar-refractivity contribution in [1.82, 2.24) is 4.90 Å². The lowest BCUT2D eigenvalue weighted by Gasteiger charge is -2.43. The summed E-state index contributed by atoms with van der Waals surface area (Å²) in [6.07, 6.45) is -7.90. The first-order chi connectivity index (χ1) is 15.8. The molecule has 0 aromatic carbocycles. The number of hydrogen-bond acceptors (Lipinski definition) is 11. The van der Waals surface area contributed by atoms with E-state index in [1.54, 1.807) is 0 Å². The van der Waals surface area contributed by atoms with Crippen LogP contribution in [0.1, 0.15) is 41.5 Å². The molecule has 1 fully saturated rings. The molecule has 0 bridgehead atoms. The second-order valence-corrected chi connectivity index (χ2v) is 8.09. The Bertz CT molecular complexity index is 761. The smallest absolute Gasteiger partial charge is 0.456 e. The third kappa shape index (κ3) is 12.3.